The smallest absolute Gasteiger partial charge is 0.322 e. The molecule has 0 radical (unpaired) electrons. The van der Waals surface area contributed by atoms with Gasteiger partial charge in [-0.25, -0.2) is 0 Å². The molecule has 1 unspecified atom stereocenters. The first kappa shape index (κ1) is 13.7. The maximum Gasteiger partial charge on any atom is 0.322 e. The largest absolute Gasteiger partial charge is 0.465 e. The van der Waals surface area contributed by atoms with Crippen molar-refractivity contribution in [3.8, 4) is 0 Å². The fraction of sp³-hybridized carbons (Fsp3) is 0.500. The Balaban J connectivity index is 2.28. The molecule has 0 aliphatic carbocycles. The molecule has 102 valence electrons. The van der Waals surface area contributed by atoms with Crippen molar-refractivity contribution in [2.75, 3.05) is 19.8 Å². The predicted molar refractivity (Wildman–Crippen MR) is 67.5 cm³/mol. The third kappa shape index (κ3) is 2.81. The van der Waals surface area contributed by atoms with Gasteiger partial charge in [0.05, 0.1) is 19.8 Å². The SMILES string of the molecule is CCOC(=O)C1(Cc2ccncc2)COCCC1=O. The summed E-state index contributed by atoms with van der Waals surface area (Å²) in [5, 5.41) is 0. The zero-order valence-electron chi connectivity index (χ0n) is 10.9. The van der Waals surface area contributed by atoms with E-state index in [2.05, 4.69) is 4.98 Å². The Kier molecular flexibility index (Phi) is 4.27. The lowest BCUT2D eigenvalue weighted by Crippen LogP contribution is -2.49. The molecule has 0 saturated carbocycles. The van der Waals surface area contributed by atoms with E-state index < -0.39 is 11.4 Å². The average Bonchev–Trinajstić information content (AvgIpc) is 2.43. The Bertz CT molecular complexity index is 460. The van der Waals surface area contributed by atoms with Crippen LogP contribution in [0.4, 0.5) is 0 Å². The number of pyridine rings is 1. The fourth-order valence-electron chi connectivity index (χ4n) is 2.24. The van der Waals surface area contributed by atoms with Crippen molar-refractivity contribution >= 4 is 11.8 Å². The van der Waals surface area contributed by atoms with Crippen LogP contribution in [-0.4, -0.2) is 36.6 Å². The highest BCUT2D eigenvalue weighted by atomic mass is 16.5. The van der Waals surface area contributed by atoms with E-state index in [9.17, 15) is 9.59 Å². The van der Waals surface area contributed by atoms with Crippen molar-refractivity contribution < 1.29 is 19.1 Å². The van der Waals surface area contributed by atoms with Crippen LogP contribution in [0.15, 0.2) is 24.5 Å². The molecule has 0 N–H and O–H groups in total. The van der Waals surface area contributed by atoms with Gasteiger partial charge in [0.25, 0.3) is 0 Å². The number of Topliss-reactive ketones (excluding diaryl/α,β-unsaturated/α-hetero) is 1. The minimum atomic E-state index is -1.20. The molecule has 5 heteroatoms. The van der Waals surface area contributed by atoms with E-state index >= 15 is 0 Å². The van der Waals surface area contributed by atoms with Gasteiger partial charge in [0.15, 0.2) is 11.2 Å². The Morgan fingerprint density at radius 2 is 2.21 bits per heavy atom. The third-order valence-electron chi connectivity index (χ3n) is 3.28. The molecule has 0 spiro atoms. The summed E-state index contributed by atoms with van der Waals surface area (Å²) in [5.41, 5.74) is -0.322. The lowest BCUT2D eigenvalue weighted by molar-refractivity contribution is -0.169. The Hall–Kier alpha value is -1.75. The molecule has 1 atom stereocenters. The van der Waals surface area contributed by atoms with Gasteiger partial charge < -0.3 is 9.47 Å². The van der Waals surface area contributed by atoms with Crippen molar-refractivity contribution in [3.05, 3.63) is 30.1 Å². The maximum atomic E-state index is 12.2. The van der Waals surface area contributed by atoms with E-state index in [4.69, 9.17) is 9.47 Å². The van der Waals surface area contributed by atoms with Gasteiger partial charge in [0, 0.05) is 18.8 Å². The third-order valence-corrected chi connectivity index (χ3v) is 3.28. The van der Waals surface area contributed by atoms with Crippen LogP contribution in [-0.2, 0) is 25.5 Å². The van der Waals surface area contributed by atoms with Crippen molar-refractivity contribution in [3.63, 3.8) is 0 Å². The summed E-state index contributed by atoms with van der Waals surface area (Å²) in [7, 11) is 0. The lowest BCUT2D eigenvalue weighted by atomic mass is 9.76. The second-order valence-electron chi connectivity index (χ2n) is 4.56. The fourth-order valence-corrected chi connectivity index (χ4v) is 2.24. The molecule has 19 heavy (non-hydrogen) atoms. The van der Waals surface area contributed by atoms with Gasteiger partial charge in [-0.15, -0.1) is 0 Å². The van der Waals surface area contributed by atoms with Crippen LogP contribution in [0, 0.1) is 5.41 Å². The highest BCUT2D eigenvalue weighted by Crippen LogP contribution is 2.31. The van der Waals surface area contributed by atoms with Crippen LogP contribution in [0.1, 0.15) is 18.9 Å². The van der Waals surface area contributed by atoms with E-state index in [1.165, 1.54) is 0 Å². The number of carbonyl (C=O) groups excluding carboxylic acids is 2. The maximum absolute atomic E-state index is 12.2. The first-order valence-corrected chi connectivity index (χ1v) is 6.36. The number of carbonyl (C=O) groups is 2. The van der Waals surface area contributed by atoms with E-state index in [0.29, 0.717) is 13.0 Å². The van der Waals surface area contributed by atoms with Gasteiger partial charge in [0.1, 0.15) is 0 Å². The number of ketones is 1. The average molecular weight is 263 g/mol. The Morgan fingerprint density at radius 1 is 1.47 bits per heavy atom. The Morgan fingerprint density at radius 3 is 2.84 bits per heavy atom. The molecule has 2 rings (SSSR count). The molecule has 1 aromatic rings. The number of aromatic nitrogens is 1. The summed E-state index contributed by atoms with van der Waals surface area (Å²) < 4.78 is 10.4. The summed E-state index contributed by atoms with van der Waals surface area (Å²) in [6.07, 6.45) is 3.84. The standard InChI is InChI=1S/C14H17NO4/c1-2-19-13(17)14(10-18-8-5-12(14)16)9-11-3-6-15-7-4-11/h3-4,6-7H,2,5,8-10H2,1H3. The van der Waals surface area contributed by atoms with Gasteiger partial charge in [-0.2, -0.15) is 0 Å². The molecular formula is C14H17NO4. The summed E-state index contributed by atoms with van der Waals surface area (Å²) in [6.45, 7) is 2.44. The number of hydrogen-bond donors (Lipinski definition) is 0. The second-order valence-corrected chi connectivity index (χ2v) is 4.56. The van der Waals surface area contributed by atoms with Crippen molar-refractivity contribution in [1.29, 1.82) is 0 Å². The van der Waals surface area contributed by atoms with Gasteiger partial charge in [-0.05, 0) is 31.0 Å². The quantitative estimate of drug-likeness (QED) is 0.602. The summed E-state index contributed by atoms with van der Waals surface area (Å²) >= 11 is 0. The molecular weight excluding hydrogens is 246 g/mol. The van der Waals surface area contributed by atoms with Gasteiger partial charge in [-0.3, -0.25) is 14.6 Å². The molecule has 1 saturated heterocycles. The molecule has 2 heterocycles. The van der Waals surface area contributed by atoms with E-state index in [1.54, 1.807) is 31.5 Å². The summed E-state index contributed by atoms with van der Waals surface area (Å²) in [4.78, 5) is 28.4. The minimum absolute atomic E-state index is 0.0903. The summed E-state index contributed by atoms with van der Waals surface area (Å²) in [6, 6.07) is 3.59. The van der Waals surface area contributed by atoms with Gasteiger partial charge in [-0.1, -0.05) is 0 Å². The van der Waals surface area contributed by atoms with Crippen LogP contribution in [0.25, 0.3) is 0 Å². The van der Waals surface area contributed by atoms with Crippen LogP contribution >= 0.6 is 0 Å². The van der Waals surface area contributed by atoms with Crippen LogP contribution < -0.4 is 0 Å². The highest BCUT2D eigenvalue weighted by molar-refractivity contribution is 6.04. The zero-order valence-corrected chi connectivity index (χ0v) is 10.9. The van der Waals surface area contributed by atoms with E-state index in [0.717, 1.165) is 5.56 Å². The number of nitrogens with zero attached hydrogens (tertiary/aromatic N) is 1. The molecule has 0 amide bonds. The number of hydrogen-bond acceptors (Lipinski definition) is 5. The molecule has 1 fully saturated rings. The van der Waals surface area contributed by atoms with Crippen molar-refractivity contribution in [2.45, 2.75) is 19.8 Å². The monoisotopic (exact) mass is 263 g/mol. The summed E-state index contributed by atoms with van der Waals surface area (Å²) in [5.74, 6) is -0.592. The minimum Gasteiger partial charge on any atom is -0.465 e. The first-order chi connectivity index (χ1) is 9.19. The Labute approximate surface area is 111 Å². The molecule has 1 aliphatic heterocycles. The lowest BCUT2D eigenvalue weighted by Gasteiger charge is -2.33. The molecule has 1 aromatic heterocycles. The van der Waals surface area contributed by atoms with E-state index in [1.807, 2.05) is 0 Å². The van der Waals surface area contributed by atoms with Crippen molar-refractivity contribution in [1.82, 2.24) is 4.98 Å². The second kappa shape index (κ2) is 5.93. The zero-order chi connectivity index (χ0) is 13.7. The normalized spacial score (nSPS) is 23.1. The van der Waals surface area contributed by atoms with E-state index in [-0.39, 0.29) is 25.4 Å². The van der Waals surface area contributed by atoms with Crippen LogP contribution in [0.3, 0.4) is 0 Å². The predicted octanol–water partition coefficient (Wildman–Crippen LogP) is 1.16. The van der Waals surface area contributed by atoms with Gasteiger partial charge >= 0.3 is 5.97 Å². The number of ether oxygens (including phenoxy) is 2. The van der Waals surface area contributed by atoms with Crippen molar-refractivity contribution in [2.24, 2.45) is 5.41 Å². The van der Waals surface area contributed by atoms with Crippen LogP contribution in [0.5, 0.6) is 0 Å². The highest BCUT2D eigenvalue weighted by Gasteiger charge is 2.48. The molecule has 0 bridgehead atoms. The molecule has 0 aromatic carbocycles. The molecule has 5 nitrogen and oxygen atoms in total. The number of rotatable bonds is 4. The van der Waals surface area contributed by atoms with Gasteiger partial charge in [0.2, 0.25) is 0 Å². The van der Waals surface area contributed by atoms with Crippen LogP contribution in [0.2, 0.25) is 0 Å². The molecule has 1 aliphatic rings. The first-order valence-electron chi connectivity index (χ1n) is 6.36. The topological polar surface area (TPSA) is 65.5 Å². The number of esters is 1.